The van der Waals surface area contributed by atoms with Gasteiger partial charge in [-0.05, 0) is 38.3 Å². The summed E-state index contributed by atoms with van der Waals surface area (Å²) in [5.74, 6) is 0.673. The van der Waals surface area contributed by atoms with Crippen LogP contribution in [-0.4, -0.2) is 43.4 Å². The Hall–Kier alpha value is -3.06. The lowest BCUT2D eigenvalue weighted by Crippen LogP contribution is -2.36. The summed E-state index contributed by atoms with van der Waals surface area (Å²) in [5.41, 5.74) is 5.89. The second-order valence-electron chi connectivity index (χ2n) is 8.11. The van der Waals surface area contributed by atoms with Crippen molar-refractivity contribution < 1.29 is 0 Å². The highest BCUT2D eigenvalue weighted by molar-refractivity contribution is 5.97. The number of benzene rings is 1. The highest BCUT2D eigenvalue weighted by atomic mass is 16.1. The van der Waals surface area contributed by atoms with Crippen LogP contribution >= 0.6 is 0 Å². The maximum absolute atomic E-state index is 12.8. The zero-order valence-corrected chi connectivity index (χ0v) is 17.3. The number of aryl methyl sites for hydroxylation is 1. The molecule has 0 atom stereocenters. The van der Waals surface area contributed by atoms with Gasteiger partial charge in [0.25, 0.3) is 5.56 Å². The third kappa shape index (κ3) is 3.73. The monoisotopic (exact) mass is 402 g/mol. The van der Waals surface area contributed by atoms with Gasteiger partial charge in [0.05, 0.1) is 28.4 Å². The van der Waals surface area contributed by atoms with Crippen molar-refractivity contribution in [3.05, 3.63) is 75.2 Å². The smallest absolute Gasteiger partial charge is 0.255 e. The first kappa shape index (κ1) is 18.9. The number of hydrogen-bond acceptors (Lipinski definition) is 5. The van der Waals surface area contributed by atoms with E-state index in [0.717, 1.165) is 73.7 Å². The molecule has 0 bridgehead atoms. The van der Waals surface area contributed by atoms with Crippen LogP contribution in [-0.2, 0) is 19.5 Å². The van der Waals surface area contributed by atoms with E-state index in [1.54, 1.807) is 0 Å². The average molecular weight is 403 g/mol. The fraction of sp³-hybridized carbons (Fsp3) is 0.391. The fourth-order valence-electron chi connectivity index (χ4n) is 4.25. The van der Waals surface area contributed by atoms with Crippen LogP contribution in [0.15, 0.2) is 46.3 Å². The second kappa shape index (κ2) is 7.99. The largest absolute Gasteiger partial charge is 0.305 e. The molecule has 154 valence electrons. The number of hydrogen-bond donors (Lipinski definition) is 1. The van der Waals surface area contributed by atoms with Gasteiger partial charge in [0.15, 0.2) is 5.82 Å². The molecule has 7 nitrogen and oxygen atoms in total. The van der Waals surface area contributed by atoms with E-state index < -0.39 is 0 Å². The first-order valence-corrected chi connectivity index (χ1v) is 10.7. The molecular formula is C23H26N6O. The number of para-hydroxylation sites is 1. The molecule has 4 heterocycles. The highest BCUT2D eigenvalue weighted by Gasteiger charge is 2.23. The minimum Gasteiger partial charge on any atom is -0.305 e. The van der Waals surface area contributed by atoms with E-state index >= 15 is 0 Å². The van der Waals surface area contributed by atoms with Crippen molar-refractivity contribution in [2.45, 2.75) is 45.7 Å². The molecule has 0 spiro atoms. The van der Waals surface area contributed by atoms with Gasteiger partial charge in [-0.15, -0.1) is 0 Å². The lowest BCUT2D eigenvalue weighted by atomic mass is 10.0. The Kier molecular flexibility index (Phi) is 5.04. The quantitative estimate of drug-likeness (QED) is 0.728. The molecule has 0 saturated heterocycles. The summed E-state index contributed by atoms with van der Waals surface area (Å²) < 4.78 is 1.92. The topological polar surface area (TPSA) is 79.2 Å². The van der Waals surface area contributed by atoms with Crippen molar-refractivity contribution in [2.75, 3.05) is 13.1 Å². The molecule has 2 aliphatic heterocycles. The van der Waals surface area contributed by atoms with Crippen molar-refractivity contribution in [3.63, 3.8) is 0 Å². The number of fused-ring (bicyclic) bond motifs is 1. The van der Waals surface area contributed by atoms with Crippen LogP contribution in [0.25, 0.3) is 5.69 Å². The van der Waals surface area contributed by atoms with Crippen LogP contribution in [0.5, 0.6) is 0 Å². The molecule has 0 radical (unpaired) electrons. The van der Waals surface area contributed by atoms with Crippen molar-refractivity contribution in [3.8, 4) is 5.69 Å². The Morgan fingerprint density at radius 3 is 2.80 bits per heavy atom. The van der Waals surface area contributed by atoms with Crippen LogP contribution in [0.4, 0.5) is 0 Å². The lowest BCUT2D eigenvalue weighted by molar-refractivity contribution is 0.241. The second-order valence-corrected chi connectivity index (χ2v) is 8.11. The number of aliphatic imine (C=N–C) groups is 1. The molecule has 2 aromatic heterocycles. The Labute approximate surface area is 175 Å². The van der Waals surface area contributed by atoms with Crippen molar-refractivity contribution in [1.29, 1.82) is 0 Å². The molecule has 0 fully saturated rings. The summed E-state index contributed by atoms with van der Waals surface area (Å²) in [4.78, 5) is 27.4. The van der Waals surface area contributed by atoms with Gasteiger partial charge in [0, 0.05) is 44.4 Å². The van der Waals surface area contributed by atoms with Crippen LogP contribution in [0.1, 0.15) is 47.6 Å². The molecule has 1 aromatic carbocycles. The van der Waals surface area contributed by atoms with E-state index in [0.29, 0.717) is 12.4 Å². The standard InChI is InChI=1S/C23H26N6O/c1-16-17(14-29(27-16)18-7-3-2-4-8-18)13-28-12-10-20-19(15-28)23(30)26-22(25-20)21-9-5-6-11-24-21/h2-4,7-8,14H,5-6,9-13,15H2,1H3,(H,25,26,30). The van der Waals surface area contributed by atoms with Gasteiger partial charge in [0.1, 0.15) is 0 Å². The third-order valence-corrected chi connectivity index (χ3v) is 5.96. The van der Waals surface area contributed by atoms with E-state index in [9.17, 15) is 4.79 Å². The van der Waals surface area contributed by atoms with Crippen LogP contribution in [0.3, 0.4) is 0 Å². The summed E-state index contributed by atoms with van der Waals surface area (Å²) in [6.07, 6.45) is 6.01. The SMILES string of the molecule is Cc1nn(-c2ccccc2)cc1CN1CCc2nc(C3=NCCCC3)[nH]c(=O)c2C1. The highest BCUT2D eigenvalue weighted by Crippen LogP contribution is 2.20. The molecule has 5 rings (SSSR count). The van der Waals surface area contributed by atoms with Crippen LogP contribution < -0.4 is 5.56 Å². The molecule has 0 aliphatic carbocycles. The van der Waals surface area contributed by atoms with Crippen LogP contribution in [0.2, 0.25) is 0 Å². The Balaban J connectivity index is 1.35. The molecule has 0 amide bonds. The predicted octanol–water partition coefficient (Wildman–Crippen LogP) is 2.80. The summed E-state index contributed by atoms with van der Waals surface area (Å²) in [6, 6.07) is 10.1. The van der Waals surface area contributed by atoms with Gasteiger partial charge in [-0.2, -0.15) is 5.10 Å². The number of aromatic nitrogens is 4. The normalized spacial score (nSPS) is 16.9. The number of aromatic amines is 1. The van der Waals surface area contributed by atoms with Crippen molar-refractivity contribution >= 4 is 5.71 Å². The molecule has 0 unspecified atom stereocenters. The Bertz CT molecular complexity index is 1140. The fourth-order valence-corrected chi connectivity index (χ4v) is 4.25. The van der Waals surface area contributed by atoms with Crippen LogP contribution in [0, 0.1) is 6.92 Å². The Morgan fingerprint density at radius 2 is 2.00 bits per heavy atom. The van der Waals surface area contributed by atoms with Crippen molar-refractivity contribution in [1.82, 2.24) is 24.6 Å². The summed E-state index contributed by atoms with van der Waals surface area (Å²) in [7, 11) is 0. The lowest BCUT2D eigenvalue weighted by Gasteiger charge is -2.27. The molecule has 3 aromatic rings. The Morgan fingerprint density at radius 1 is 1.13 bits per heavy atom. The van der Waals surface area contributed by atoms with E-state index in [2.05, 4.69) is 26.2 Å². The average Bonchev–Trinajstić information content (AvgIpc) is 3.15. The van der Waals surface area contributed by atoms with Gasteiger partial charge >= 0.3 is 0 Å². The maximum Gasteiger partial charge on any atom is 0.255 e. The van der Waals surface area contributed by atoms with E-state index in [4.69, 9.17) is 4.98 Å². The zero-order valence-electron chi connectivity index (χ0n) is 17.3. The number of nitrogens with zero attached hydrogens (tertiary/aromatic N) is 5. The first-order chi connectivity index (χ1) is 14.7. The summed E-state index contributed by atoms with van der Waals surface area (Å²) in [6.45, 7) is 5.13. The molecular weight excluding hydrogens is 376 g/mol. The van der Waals surface area contributed by atoms with Crippen molar-refractivity contribution in [2.24, 2.45) is 4.99 Å². The molecule has 0 saturated carbocycles. The number of nitrogens with one attached hydrogen (secondary N) is 1. The van der Waals surface area contributed by atoms with E-state index in [1.807, 2.05) is 41.9 Å². The minimum atomic E-state index is -0.0234. The van der Waals surface area contributed by atoms with Gasteiger partial charge in [0.2, 0.25) is 0 Å². The number of rotatable bonds is 4. The number of H-pyrrole nitrogens is 1. The summed E-state index contributed by atoms with van der Waals surface area (Å²) >= 11 is 0. The maximum atomic E-state index is 12.8. The molecule has 2 aliphatic rings. The van der Waals surface area contributed by atoms with Gasteiger partial charge in [-0.25, -0.2) is 9.67 Å². The first-order valence-electron chi connectivity index (χ1n) is 10.7. The molecule has 30 heavy (non-hydrogen) atoms. The van der Waals surface area contributed by atoms with Gasteiger partial charge < -0.3 is 4.98 Å². The van der Waals surface area contributed by atoms with E-state index in [-0.39, 0.29) is 5.56 Å². The third-order valence-electron chi connectivity index (χ3n) is 5.96. The summed E-state index contributed by atoms with van der Waals surface area (Å²) in [5, 5.41) is 4.67. The van der Waals surface area contributed by atoms with Gasteiger partial charge in [-0.1, -0.05) is 18.2 Å². The zero-order chi connectivity index (χ0) is 20.5. The predicted molar refractivity (Wildman–Crippen MR) is 116 cm³/mol. The van der Waals surface area contributed by atoms with E-state index in [1.165, 1.54) is 5.56 Å². The minimum absolute atomic E-state index is 0.0234. The molecule has 1 N–H and O–H groups in total. The van der Waals surface area contributed by atoms with Gasteiger partial charge in [-0.3, -0.25) is 14.7 Å². The molecule has 7 heteroatoms.